The third kappa shape index (κ3) is 4.24. The van der Waals surface area contributed by atoms with E-state index in [2.05, 4.69) is 21.2 Å². The first-order valence-corrected chi connectivity index (χ1v) is 6.39. The average molecular weight is 351 g/mol. The number of rotatable bonds is 5. The quantitative estimate of drug-likeness (QED) is 0.852. The first kappa shape index (κ1) is 16.5. The summed E-state index contributed by atoms with van der Waals surface area (Å²) in [4.78, 5) is 23.7. The van der Waals surface area contributed by atoms with Gasteiger partial charge in [0.05, 0.1) is 12.2 Å². The smallest absolute Gasteiger partial charge is 0.320 e. The second-order valence-electron chi connectivity index (χ2n) is 4.22. The number of halogens is 3. The second kappa shape index (κ2) is 6.76. The van der Waals surface area contributed by atoms with Crippen LogP contribution in [-0.2, 0) is 9.59 Å². The summed E-state index contributed by atoms with van der Waals surface area (Å²) < 4.78 is 26.5. The Balaban J connectivity index is 2.75. The van der Waals surface area contributed by atoms with Crippen LogP contribution in [0.2, 0.25) is 0 Å². The van der Waals surface area contributed by atoms with Gasteiger partial charge in [-0.15, -0.1) is 0 Å². The Labute approximate surface area is 122 Å². The normalized spacial score (nSPS) is 12.3. The van der Waals surface area contributed by atoms with Gasteiger partial charge in [-0.25, -0.2) is 8.78 Å². The van der Waals surface area contributed by atoms with Crippen molar-refractivity contribution in [3.8, 4) is 0 Å². The molecule has 0 bridgehead atoms. The van der Waals surface area contributed by atoms with Gasteiger partial charge in [-0.05, 0) is 36.0 Å². The van der Waals surface area contributed by atoms with Gasteiger partial charge in [0.2, 0.25) is 5.91 Å². The Bertz CT molecular complexity index is 516. The largest absolute Gasteiger partial charge is 0.480 e. The highest BCUT2D eigenvalue weighted by Gasteiger charge is 2.20. The van der Waals surface area contributed by atoms with E-state index in [1.807, 2.05) is 0 Å². The summed E-state index contributed by atoms with van der Waals surface area (Å²) in [5.41, 5.74) is -0.187. The number of amides is 1. The lowest BCUT2D eigenvalue weighted by atomic mass is 10.2. The minimum absolute atomic E-state index is 0.0669. The molecule has 0 fully saturated rings. The molecule has 5 nitrogen and oxygen atoms in total. The number of carbonyl (C=O) groups is 2. The van der Waals surface area contributed by atoms with Crippen molar-refractivity contribution < 1.29 is 23.5 Å². The number of anilines is 1. The number of hydrogen-bond donors (Lipinski definition) is 2. The molecular formula is C12H13BrF2N2O3. The van der Waals surface area contributed by atoms with Crippen molar-refractivity contribution in [3.63, 3.8) is 0 Å². The maximum atomic E-state index is 13.5. The molecule has 0 radical (unpaired) electrons. The van der Waals surface area contributed by atoms with Crippen molar-refractivity contribution in [3.05, 3.63) is 28.2 Å². The highest BCUT2D eigenvalue weighted by atomic mass is 79.9. The van der Waals surface area contributed by atoms with Crippen LogP contribution in [0.1, 0.15) is 6.92 Å². The predicted molar refractivity (Wildman–Crippen MR) is 72.4 cm³/mol. The number of aliphatic carboxylic acids is 1. The van der Waals surface area contributed by atoms with Gasteiger partial charge in [0.1, 0.15) is 11.9 Å². The van der Waals surface area contributed by atoms with E-state index in [9.17, 15) is 18.4 Å². The molecule has 1 atom stereocenters. The van der Waals surface area contributed by atoms with E-state index < -0.39 is 29.6 Å². The van der Waals surface area contributed by atoms with E-state index in [0.29, 0.717) is 6.07 Å². The number of carboxylic acids is 1. The summed E-state index contributed by atoms with van der Waals surface area (Å²) in [5, 5.41) is 11.1. The van der Waals surface area contributed by atoms with Crippen molar-refractivity contribution >= 4 is 33.5 Å². The van der Waals surface area contributed by atoms with Gasteiger partial charge in [0.15, 0.2) is 5.82 Å². The number of benzene rings is 1. The van der Waals surface area contributed by atoms with E-state index in [0.717, 1.165) is 6.07 Å². The number of nitrogens with zero attached hydrogens (tertiary/aromatic N) is 1. The lowest BCUT2D eigenvalue weighted by Gasteiger charge is -2.20. The number of carboxylic acid groups (broad SMARTS) is 1. The van der Waals surface area contributed by atoms with Crippen molar-refractivity contribution in [2.45, 2.75) is 13.0 Å². The molecule has 1 amide bonds. The Hall–Kier alpha value is -1.54. The van der Waals surface area contributed by atoms with Gasteiger partial charge < -0.3 is 10.4 Å². The summed E-state index contributed by atoms with van der Waals surface area (Å²) in [6.07, 6.45) is 0. The van der Waals surface area contributed by atoms with Crippen molar-refractivity contribution in [1.82, 2.24) is 4.90 Å². The molecule has 8 heteroatoms. The van der Waals surface area contributed by atoms with E-state index >= 15 is 0 Å². The van der Waals surface area contributed by atoms with Crippen LogP contribution in [0.4, 0.5) is 14.5 Å². The first-order chi connectivity index (χ1) is 9.22. The monoisotopic (exact) mass is 350 g/mol. The summed E-state index contributed by atoms with van der Waals surface area (Å²) in [5.74, 6) is -3.37. The van der Waals surface area contributed by atoms with Crippen LogP contribution < -0.4 is 5.32 Å². The summed E-state index contributed by atoms with van der Waals surface area (Å²) in [6.45, 7) is 1.18. The molecule has 1 rings (SSSR count). The van der Waals surface area contributed by atoms with Gasteiger partial charge in [0.25, 0.3) is 0 Å². The second-order valence-corrected chi connectivity index (χ2v) is 5.08. The number of likely N-dealkylation sites (N-methyl/N-ethyl adjacent to an activating group) is 1. The minimum atomic E-state index is -1.07. The SMILES string of the molecule is CC(C(=O)O)N(C)CC(=O)Nc1c(F)cc(F)cc1Br. The Morgan fingerprint density at radius 3 is 2.55 bits per heavy atom. The molecule has 0 spiro atoms. The molecule has 1 unspecified atom stereocenters. The zero-order valence-electron chi connectivity index (χ0n) is 10.8. The molecule has 1 aromatic rings. The Morgan fingerprint density at radius 1 is 1.45 bits per heavy atom. The van der Waals surface area contributed by atoms with Gasteiger partial charge >= 0.3 is 5.97 Å². The standard InChI is InChI=1S/C12H13BrF2N2O3/c1-6(12(19)20)17(2)5-10(18)16-11-8(13)3-7(14)4-9(11)15/h3-4,6H,5H2,1-2H3,(H,16,18)(H,19,20). The molecule has 1 aromatic carbocycles. The van der Waals surface area contributed by atoms with Crippen molar-refractivity contribution in [2.24, 2.45) is 0 Å². The fourth-order valence-electron chi connectivity index (χ4n) is 1.39. The lowest BCUT2D eigenvalue weighted by Crippen LogP contribution is -2.40. The maximum absolute atomic E-state index is 13.5. The molecule has 0 aliphatic heterocycles. The van der Waals surface area contributed by atoms with Crippen LogP contribution >= 0.6 is 15.9 Å². The summed E-state index contributed by atoms with van der Waals surface area (Å²) in [6, 6.07) is 0.800. The number of hydrogen-bond acceptors (Lipinski definition) is 3. The van der Waals surface area contributed by atoms with Crippen LogP contribution in [0.3, 0.4) is 0 Å². The third-order valence-electron chi connectivity index (χ3n) is 2.68. The van der Waals surface area contributed by atoms with Gasteiger partial charge in [-0.2, -0.15) is 0 Å². The number of carbonyl (C=O) groups excluding carboxylic acids is 1. The topological polar surface area (TPSA) is 69.6 Å². The molecule has 0 aliphatic carbocycles. The zero-order valence-corrected chi connectivity index (χ0v) is 12.4. The van der Waals surface area contributed by atoms with Crippen molar-refractivity contribution in [2.75, 3.05) is 18.9 Å². The summed E-state index contributed by atoms with van der Waals surface area (Å²) in [7, 11) is 1.45. The average Bonchev–Trinajstić information content (AvgIpc) is 2.32. The fourth-order valence-corrected chi connectivity index (χ4v) is 1.90. The highest BCUT2D eigenvalue weighted by Crippen LogP contribution is 2.26. The molecule has 0 heterocycles. The molecule has 110 valence electrons. The van der Waals surface area contributed by atoms with E-state index in [-0.39, 0.29) is 16.7 Å². The van der Waals surface area contributed by atoms with E-state index in [4.69, 9.17) is 5.11 Å². The molecule has 0 aliphatic rings. The first-order valence-electron chi connectivity index (χ1n) is 5.59. The van der Waals surface area contributed by atoms with Crippen molar-refractivity contribution in [1.29, 1.82) is 0 Å². The lowest BCUT2D eigenvalue weighted by molar-refractivity contribution is -0.142. The van der Waals surface area contributed by atoms with E-state index in [1.54, 1.807) is 0 Å². The van der Waals surface area contributed by atoms with Crippen LogP contribution in [-0.4, -0.2) is 41.5 Å². The Morgan fingerprint density at radius 2 is 2.05 bits per heavy atom. The van der Waals surface area contributed by atoms with Crippen LogP contribution in [0, 0.1) is 11.6 Å². The molecule has 0 saturated carbocycles. The third-order valence-corrected chi connectivity index (χ3v) is 3.31. The number of nitrogens with one attached hydrogen (secondary N) is 1. The molecule has 0 saturated heterocycles. The molecule has 2 N–H and O–H groups in total. The van der Waals surface area contributed by atoms with Crippen LogP contribution in [0.5, 0.6) is 0 Å². The summed E-state index contributed by atoms with van der Waals surface area (Å²) >= 11 is 2.94. The van der Waals surface area contributed by atoms with Gasteiger partial charge in [-0.1, -0.05) is 0 Å². The predicted octanol–water partition coefficient (Wildman–Crippen LogP) is 2.07. The van der Waals surface area contributed by atoms with Gasteiger partial charge in [0, 0.05) is 10.5 Å². The zero-order chi connectivity index (χ0) is 15.4. The maximum Gasteiger partial charge on any atom is 0.320 e. The fraction of sp³-hybridized carbons (Fsp3) is 0.333. The van der Waals surface area contributed by atoms with E-state index in [1.165, 1.54) is 18.9 Å². The van der Waals surface area contributed by atoms with Gasteiger partial charge in [-0.3, -0.25) is 14.5 Å². The Kier molecular flexibility index (Phi) is 5.58. The highest BCUT2D eigenvalue weighted by molar-refractivity contribution is 9.10. The molecular weight excluding hydrogens is 338 g/mol. The van der Waals surface area contributed by atoms with Crippen LogP contribution in [0.15, 0.2) is 16.6 Å². The molecule has 0 aromatic heterocycles. The molecule has 20 heavy (non-hydrogen) atoms. The minimum Gasteiger partial charge on any atom is -0.480 e. The van der Waals surface area contributed by atoms with Crippen LogP contribution in [0.25, 0.3) is 0 Å².